The molecule has 1 amide bonds. The van der Waals surface area contributed by atoms with Gasteiger partial charge in [0.05, 0.1) is 18.1 Å². The Kier molecular flexibility index (Phi) is 5.34. The lowest BCUT2D eigenvalue weighted by atomic mass is 10.1. The molecular formula is C10H16N2O3S. The van der Waals surface area contributed by atoms with E-state index in [1.165, 1.54) is 11.8 Å². The van der Waals surface area contributed by atoms with Crippen LogP contribution < -0.4 is 5.32 Å². The summed E-state index contributed by atoms with van der Waals surface area (Å²) in [5.41, 5.74) is 0.818. The maximum Gasteiger partial charge on any atom is 0.236 e. The molecule has 16 heavy (non-hydrogen) atoms. The quantitative estimate of drug-likeness (QED) is 0.741. The maximum absolute atomic E-state index is 11.4. The molecule has 0 atom stereocenters. The predicted molar refractivity (Wildman–Crippen MR) is 63.6 cm³/mol. The molecule has 0 aliphatic carbocycles. The Morgan fingerprint density at radius 2 is 2.44 bits per heavy atom. The molecule has 0 fully saturated rings. The van der Waals surface area contributed by atoms with E-state index < -0.39 is 0 Å². The van der Waals surface area contributed by atoms with E-state index in [1.54, 1.807) is 6.07 Å². The van der Waals surface area contributed by atoms with E-state index in [0.717, 1.165) is 5.69 Å². The van der Waals surface area contributed by atoms with Crippen molar-refractivity contribution in [1.82, 2.24) is 5.16 Å². The van der Waals surface area contributed by atoms with Crippen molar-refractivity contribution >= 4 is 23.6 Å². The van der Waals surface area contributed by atoms with Crippen molar-refractivity contribution in [1.29, 1.82) is 0 Å². The van der Waals surface area contributed by atoms with Gasteiger partial charge in [-0.15, -0.1) is 11.8 Å². The zero-order chi connectivity index (χ0) is 12.0. The van der Waals surface area contributed by atoms with E-state index in [9.17, 15) is 4.79 Å². The number of aromatic nitrogens is 1. The fraction of sp³-hybridized carbons (Fsp3) is 0.600. The normalized spacial score (nSPS) is 10.8. The standard InChI is InChI=1S/C10H16N2O3S/c1-7(2)8-5-10(15-12-8)11-9(14)6-16-4-3-13/h5,7,13H,3-4,6H2,1-2H3,(H,11,14). The first-order valence-electron chi connectivity index (χ1n) is 5.08. The van der Waals surface area contributed by atoms with Gasteiger partial charge in [-0.1, -0.05) is 19.0 Å². The van der Waals surface area contributed by atoms with E-state index in [2.05, 4.69) is 10.5 Å². The molecule has 0 aliphatic heterocycles. The third-order valence-corrected chi connectivity index (χ3v) is 2.79. The van der Waals surface area contributed by atoms with Crippen molar-refractivity contribution in [2.24, 2.45) is 0 Å². The number of carbonyl (C=O) groups is 1. The molecule has 0 aliphatic rings. The zero-order valence-corrected chi connectivity index (χ0v) is 10.2. The van der Waals surface area contributed by atoms with Gasteiger partial charge in [-0.3, -0.25) is 10.1 Å². The highest BCUT2D eigenvalue weighted by Crippen LogP contribution is 2.17. The van der Waals surface area contributed by atoms with Gasteiger partial charge in [0.1, 0.15) is 0 Å². The Bertz CT molecular complexity index is 339. The number of nitrogens with one attached hydrogen (secondary N) is 1. The van der Waals surface area contributed by atoms with Crippen LogP contribution in [-0.2, 0) is 4.79 Å². The Labute approximate surface area is 98.6 Å². The van der Waals surface area contributed by atoms with Crippen molar-refractivity contribution < 1.29 is 14.4 Å². The molecule has 0 spiro atoms. The van der Waals surface area contributed by atoms with Crippen LogP contribution in [0.5, 0.6) is 0 Å². The zero-order valence-electron chi connectivity index (χ0n) is 9.40. The fourth-order valence-electron chi connectivity index (χ4n) is 1.02. The Hall–Kier alpha value is -1.01. The van der Waals surface area contributed by atoms with Crippen LogP contribution in [0.25, 0.3) is 0 Å². The molecule has 1 aromatic heterocycles. The first-order valence-corrected chi connectivity index (χ1v) is 6.24. The summed E-state index contributed by atoms with van der Waals surface area (Å²) in [5.74, 6) is 1.36. The summed E-state index contributed by atoms with van der Waals surface area (Å²) in [5, 5.41) is 15.0. The van der Waals surface area contributed by atoms with Crippen molar-refractivity contribution in [3.8, 4) is 0 Å². The second kappa shape index (κ2) is 6.55. The Balaban J connectivity index is 2.37. The molecule has 0 saturated heterocycles. The average molecular weight is 244 g/mol. The van der Waals surface area contributed by atoms with Gasteiger partial charge in [-0.2, -0.15) is 0 Å². The lowest BCUT2D eigenvalue weighted by Gasteiger charge is -1.99. The number of anilines is 1. The lowest BCUT2D eigenvalue weighted by molar-refractivity contribution is -0.113. The predicted octanol–water partition coefficient (Wildman–Crippen LogP) is 1.46. The topological polar surface area (TPSA) is 75.4 Å². The minimum atomic E-state index is -0.148. The summed E-state index contributed by atoms with van der Waals surface area (Å²) >= 11 is 1.37. The monoisotopic (exact) mass is 244 g/mol. The molecule has 6 heteroatoms. The van der Waals surface area contributed by atoms with Crippen LogP contribution in [0.1, 0.15) is 25.5 Å². The van der Waals surface area contributed by atoms with Gasteiger partial charge >= 0.3 is 0 Å². The second-order valence-electron chi connectivity index (χ2n) is 3.60. The summed E-state index contributed by atoms with van der Waals surface area (Å²) in [6.45, 7) is 4.08. The number of nitrogens with zero attached hydrogens (tertiary/aromatic N) is 1. The third kappa shape index (κ3) is 4.24. The molecule has 0 unspecified atom stereocenters. The van der Waals surface area contributed by atoms with Crippen molar-refractivity contribution in [3.05, 3.63) is 11.8 Å². The molecule has 2 N–H and O–H groups in total. The van der Waals surface area contributed by atoms with Crippen LogP contribution in [0, 0.1) is 0 Å². The smallest absolute Gasteiger partial charge is 0.236 e. The highest BCUT2D eigenvalue weighted by Gasteiger charge is 2.10. The lowest BCUT2D eigenvalue weighted by Crippen LogP contribution is -2.14. The first-order chi connectivity index (χ1) is 7.63. The number of aliphatic hydroxyl groups excluding tert-OH is 1. The summed E-state index contributed by atoms with van der Waals surface area (Å²) < 4.78 is 4.96. The fourth-order valence-corrected chi connectivity index (χ4v) is 1.55. The molecule has 90 valence electrons. The highest BCUT2D eigenvalue weighted by atomic mass is 32.2. The number of aliphatic hydroxyl groups is 1. The van der Waals surface area contributed by atoms with E-state index >= 15 is 0 Å². The van der Waals surface area contributed by atoms with Crippen LogP contribution in [0.4, 0.5) is 5.88 Å². The molecule has 0 aromatic carbocycles. The molecule has 0 bridgehead atoms. The van der Waals surface area contributed by atoms with E-state index in [-0.39, 0.29) is 18.4 Å². The largest absolute Gasteiger partial charge is 0.396 e. The second-order valence-corrected chi connectivity index (χ2v) is 4.70. The minimum absolute atomic E-state index is 0.0811. The molecule has 0 radical (unpaired) electrons. The summed E-state index contributed by atoms with van der Waals surface area (Å²) in [6, 6.07) is 1.72. The summed E-state index contributed by atoms with van der Waals surface area (Å²) in [7, 11) is 0. The van der Waals surface area contributed by atoms with Gasteiger partial charge in [0.15, 0.2) is 0 Å². The van der Waals surface area contributed by atoms with Crippen LogP contribution in [0.15, 0.2) is 10.6 Å². The van der Waals surface area contributed by atoms with Crippen LogP contribution >= 0.6 is 11.8 Å². The van der Waals surface area contributed by atoms with Crippen LogP contribution in [0.2, 0.25) is 0 Å². The number of hydrogen-bond acceptors (Lipinski definition) is 5. The number of thioether (sulfide) groups is 1. The van der Waals surface area contributed by atoms with E-state index in [0.29, 0.717) is 17.4 Å². The van der Waals surface area contributed by atoms with Gasteiger partial charge < -0.3 is 9.63 Å². The van der Waals surface area contributed by atoms with E-state index in [1.807, 2.05) is 13.8 Å². The maximum atomic E-state index is 11.4. The molecule has 1 rings (SSSR count). The van der Waals surface area contributed by atoms with E-state index in [4.69, 9.17) is 9.63 Å². The molecule has 5 nitrogen and oxygen atoms in total. The van der Waals surface area contributed by atoms with Crippen molar-refractivity contribution in [3.63, 3.8) is 0 Å². The van der Waals surface area contributed by atoms with Gasteiger partial charge in [0.2, 0.25) is 11.8 Å². The SMILES string of the molecule is CC(C)c1cc(NC(=O)CSCCO)on1. The molecular weight excluding hydrogens is 228 g/mol. The minimum Gasteiger partial charge on any atom is -0.396 e. The van der Waals surface area contributed by atoms with Crippen LogP contribution in [-0.4, -0.2) is 34.3 Å². The Morgan fingerprint density at radius 3 is 3.00 bits per heavy atom. The Morgan fingerprint density at radius 1 is 1.69 bits per heavy atom. The van der Waals surface area contributed by atoms with Gasteiger partial charge in [0.25, 0.3) is 0 Å². The highest BCUT2D eigenvalue weighted by molar-refractivity contribution is 7.99. The van der Waals surface area contributed by atoms with Gasteiger partial charge in [0, 0.05) is 11.8 Å². The number of rotatable bonds is 6. The van der Waals surface area contributed by atoms with Crippen LogP contribution in [0.3, 0.4) is 0 Å². The molecule has 1 heterocycles. The van der Waals surface area contributed by atoms with Gasteiger partial charge in [-0.05, 0) is 5.92 Å². The first kappa shape index (κ1) is 13.1. The third-order valence-electron chi connectivity index (χ3n) is 1.85. The number of hydrogen-bond donors (Lipinski definition) is 2. The molecule has 1 aromatic rings. The van der Waals surface area contributed by atoms with Gasteiger partial charge in [-0.25, -0.2) is 0 Å². The number of amides is 1. The van der Waals surface area contributed by atoms with Crippen molar-refractivity contribution in [2.45, 2.75) is 19.8 Å². The number of carbonyl (C=O) groups excluding carboxylic acids is 1. The summed E-state index contributed by atoms with van der Waals surface area (Å²) in [6.07, 6.45) is 0. The average Bonchev–Trinajstić information content (AvgIpc) is 2.66. The summed E-state index contributed by atoms with van der Waals surface area (Å²) in [4.78, 5) is 11.4. The van der Waals surface area contributed by atoms with Crippen molar-refractivity contribution in [2.75, 3.05) is 23.4 Å². The molecule has 0 saturated carbocycles.